The summed E-state index contributed by atoms with van der Waals surface area (Å²) >= 11 is 1.52. The molecule has 5 atom stereocenters. The summed E-state index contributed by atoms with van der Waals surface area (Å²) in [5.74, 6) is -1.60. The highest BCUT2D eigenvalue weighted by Crippen LogP contribution is 2.32. The number of aromatic nitrogens is 1. The minimum absolute atomic E-state index is 0.156. The van der Waals surface area contributed by atoms with Gasteiger partial charge in [0.05, 0.1) is 40.5 Å². The Hall–Kier alpha value is -2.03. The molecule has 0 unspecified atom stereocenters. The molecule has 0 fully saturated rings. The number of carbonyl (C=O) groups excluding carboxylic acids is 2. The van der Waals surface area contributed by atoms with Crippen LogP contribution in [0.2, 0.25) is 0 Å². The van der Waals surface area contributed by atoms with Crippen LogP contribution < -0.4 is 0 Å². The first-order chi connectivity index (χ1) is 15.8. The van der Waals surface area contributed by atoms with Crippen molar-refractivity contribution in [3.63, 3.8) is 0 Å². The van der Waals surface area contributed by atoms with Crippen molar-refractivity contribution < 1.29 is 29.6 Å². The Balaban J connectivity index is 2.33. The van der Waals surface area contributed by atoms with Crippen LogP contribution in [0.3, 0.4) is 0 Å². The second-order valence-corrected chi connectivity index (χ2v) is 11.1. The predicted molar refractivity (Wildman–Crippen MR) is 133 cm³/mol. The van der Waals surface area contributed by atoms with Gasteiger partial charge in [-0.2, -0.15) is 0 Å². The van der Waals surface area contributed by atoms with Crippen molar-refractivity contribution in [3.05, 3.63) is 33.5 Å². The van der Waals surface area contributed by atoms with Crippen LogP contribution in [0.1, 0.15) is 77.4 Å². The molecule has 1 aliphatic rings. The number of ketones is 1. The van der Waals surface area contributed by atoms with Crippen molar-refractivity contribution >= 4 is 29.2 Å². The molecule has 2 rings (SSSR count). The number of esters is 1. The maximum Gasteiger partial charge on any atom is 0.309 e. The van der Waals surface area contributed by atoms with E-state index in [0.29, 0.717) is 19.3 Å². The number of Topliss-reactive ketones (excluding diaryl/α,β-unsaturated/α-hetero) is 1. The van der Waals surface area contributed by atoms with Gasteiger partial charge in [-0.05, 0) is 50.3 Å². The highest BCUT2D eigenvalue weighted by molar-refractivity contribution is 7.09. The van der Waals surface area contributed by atoms with E-state index in [-0.39, 0.29) is 30.3 Å². The van der Waals surface area contributed by atoms with Crippen molar-refractivity contribution in [1.82, 2.24) is 4.98 Å². The van der Waals surface area contributed by atoms with E-state index in [1.165, 1.54) is 11.3 Å². The Kier molecular flexibility index (Phi) is 10.0. The highest BCUT2D eigenvalue weighted by Gasteiger charge is 2.42. The number of hydrogen-bond donors (Lipinski definition) is 3. The van der Waals surface area contributed by atoms with E-state index in [1.807, 2.05) is 32.2 Å². The summed E-state index contributed by atoms with van der Waals surface area (Å²) in [5.41, 5.74) is 0.302. The van der Waals surface area contributed by atoms with E-state index in [0.717, 1.165) is 16.3 Å². The number of ether oxygens (including phenoxy) is 1. The van der Waals surface area contributed by atoms with Gasteiger partial charge < -0.3 is 20.1 Å². The Morgan fingerprint density at radius 2 is 1.94 bits per heavy atom. The lowest BCUT2D eigenvalue weighted by Crippen LogP contribution is -2.45. The summed E-state index contributed by atoms with van der Waals surface area (Å²) in [6, 6.07) is 0. The number of rotatable bonds is 2. The van der Waals surface area contributed by atoms with Gasteiger partial charge >= 0.3 is 5.97 Å². The molecular weight excluding hydrogens is 454 g/mol. The van der Waals surface area contributed by atoms with Gasteiger partial charge in [0.15, 0.2) is 0 Å². The smallest absolute Gasteiger partial charge is 0.309 e. The monoisotopic (exact) mass is 493 g/mol. The van der Waals surface area contributed by atoms with Gasteiger partial charge in [0.25, 0.3) is 0 Å². The fraction of sp³-hybridized carbons (Fsp3) is 0.654. The number of aliphatic hydroxyl groups excluding tert-OH is 3. The van der Waals surface area contributed by atoms with Crippen molar-refractivity contribution in [1.29, 1.82) is 0 Å². The maximum atomic E-state index is 13.1. The number of allylic oxidation sites excluding steroid dienone is 1. The Bertz CT molecular complexity index is 918. The first-order valence-corrected chi connectivity index (χ1v) is 12.8. The third-order valence-electron chi connectivity index (χ3n) is 6.79. The van der Waals surface area contributed by atoms with Gasteiger partial charge in [0, 0.05) is 24.1 Å². The molecular formula is C26H39NO6S. The topological polar surface area (TPSA) is 117 Å². The number of hydrogen-bond acceptors (Lipinski definition) is 8. The van der Waals surface area contributed by atoms with Crippen molar-refractivity contribution in [2.24, 2.45) is 17.3 Å². The van der Waals surface area contributed by atoms with Crippen molar-refractivity contribution in [3.8, 4) is 0 Å². The molecule has 0 radical (unpaired) electrons. The number of thiazole rings is 1. The normalized spacial score (nSPS) is 32.1. The molecule has 0 aromatic carbocycles. The third kappa shape index (κ3) is 7.48. The van der Waals surface area contributed by atoms with Crippen LogP contribution in [0.25, 0.3) is 6.08 Å². The molecule has 3 N–H and O–H groups in total. The number of cyclic esters (lactones) is 1. The highest BCUT2D eigenvalue weighted by atomic mass is 32.1. The van der Waals surface area contributed by atoms with E-state index in [9.17, 15) is 24.9 Å². The lowest BCUT2D eigenvalue weighted by atomic mass is 9.73. The fourth-order valence-electron chi connectivity index (χ4n) is 4.24. The average Bonchev–Trinajstić information content (AvgIpc) is 3.18. The number of nitrogens with zero attached hydrogens (tertiary/aromatic N) is 1. The zero-order valence-corrected chi connectivity index (χ0v) is 21.9. The molecule has 0 bridgehead atoms. The Morgan fingerprint density at radius 3 is 2.56 bits per heavy atom. The van der Waals surface area contributed by atoms with Crippen molar-refractivity contribution in [2.45, 2.75) is 92.0 Å². The van der Waals surface area contributed by atoms with Crippen LogP contribution in [-0.4, -0.2) is 50.4 Å². The van der Waals surface area contributed by atoms with Crippen LogP contribution in [0.15, 0.2) is 22.8 Å². The zero-order valence-electron chi connectivity index (χ0n) is 21.1. The van der Waals surface area contributed by atoms with E-state index in [1.54, 1.807) is 26.8 Å². The van der Waals surface area contributed by atoms with E-state index in [4.69, 9.17) is 4.74 Å². The van der Waals surface area contributed by atoms with Crippen LogP contribution in [-0.2, 0) is 14.3 Å². The van der Waals surface area contributed by atoms with Gasteiger partial charge in [-0.25, -0.2) is 4.98 Å². The number of aryl methyl sites for hydroxylation is 1. The van der Waals surface area contributed by atoms with E-state index < -0.39 is 35.6 Å². The van der Waals surface area contributed by atoms with Crippen LogP contribution in [0.4, 0.5) is 0 Å². The SMILES string of the molecule is C/C(=C\c1csc(C)n1)[C@@H]1C/C=C(/O)CCC[C@H](C)[C@H](O)[C@@H](C)C(=O)C(C)(C)[C@@H](O)CC(=O)O1. The second kappa shape index (κ2) is 12.1. The van der Waals surface area contributed by atoms with Gasteiger partial charge in [0.2, 0.25) is 0 Å². The molecule has 0 amide bonds. The second-order valence-electron chi connectivity index (χ2n) is 10.0. The van der Waals surface area contributed by atoms with Gasteiger partial charge in [0.1, 0.15) is 11.9 Å². The summed E-state index contributed by atoms with van der Waals surface area (Å²) in [5, 5.41) is 34.7. The molecule has 0 saturated heterocycles. The first kappa shape index (κ1) is 28.2. The van der Waals surface area contributed by atoms with Crippen LogP contribution in [0, 0.1) is 24.2 Å². The molecule has 1 aromatic heterocycles. The molecule has 2 heterocycles. The summed E-state index contributed by atoms with van der Waals surface area (Å²) in [4.78, 5) is 30.3. The van der Waals surface area contributed by atoms with Gasteiger partial charge in [-0.1, -0.05) is 27.7 Å². The molecule has 0 spiro atoms. The molecule has 0 aliphatic carbocycles. The third-order valence-corrected chi connectivity index (χ3v) is 7.58. The molecule has 34 heavy (non-hydrogen) atoms. The van der Waals surface area contributed by atoms with E-state index in [2.05, 4.69) is 4.98 Å². The fourth-order valence-corrected chi connectivity index (χ4v) is 4.81. The van der Waals surface area contributed by atoms with Gasteiger partial charge in [-0.15, -0.1) is 11.3 Å². The molecule has 0 saturated carbocycles. The average molecular weight is 494 g/mol. The first-order valence-electron chi connectivity index (χ1n) is 11.9. The van der Waals surface area contributed by atoms with Crippen LogP contribution in [0.5, 0.6) is 0 Å². The van der Waals surface area contributed by atoms with Gasteiger partial charge in [-0.3, -0.25) is 9.59 Å². The zero-order chi connectivity index (χ0) is 25.6. The lowest BCUT2D eigenvalue weighted by Gasteiger charge is -2.34. The van der Waals surface area contributed by atoms with E-state index >= 15 is 0 Å². The Morgan fingerprint density at radius 1 is 1.26 bits per heavy atom. The largest absolute Gasteiger partial charge is 0.513 e. The lowest BCUT2D eigenvalue weighted by molar-refractivity contribution is -0.154. The van der Waals surface area contributed by atoms with Crippen molar-refractivity contribution in [2.75, 3.05) is 0 Å². The molecule has 1 aliphatic heterocycles. The minimum atomic E-state index is -1.26. The summed E-state index contributed by atoms with van der Waals surface area (Å²) in [6.07, 6.45) is 2.35. The summed E-state index contributed by atoms with van der Waals surface area (Å²) < 4.78 is 5.70. The predicted octanol–water partition coefficient (Wildman–Crippen LogP) is 4.76. The molecule has 8 heteroatoms. The minimum Gasteiger partial charge on any atom is -0.513 e. The molecule has 7 nitrogen and oxygen atoms in total. The molecule has 190 valence electrons. The number of carbonyl (C=O) groups is 2. The maximum absolute atomic E-state index is 13.1. The number of aliphatic hydroxyl groups is 3. The Labute approximate surface area is 206 Å². The van der Waals surface area contributed by atoms with Crippen LogP contribution >= 0.6 is 11.3 Å². The summed E-state index contributed by atoms with van der Waals surface area (Å²) in [6.45, 7) is 10.5. The summed E-state index contributed by atoms with van der Waals surface area (Å²) in [7, 11) is 0. The standard InChI is InChI=1S/C26H39NO6S/c1-15-8-7-9-20(28)10-11-21(16(2)12-19-14-34-18(4)27-19)33-23(30)13-22(29)26(5,6)25(32)17(3)24(15)31/h10,12,14-15,17,21-22,24,28-29,31H,7-9,11,13H2,1-6H3/b16-12+,20-10+/t15-,17+,21-,22-,24-/m0/s1. The quantitative estimate of drug-likeness (QED) is 0.508. The molecule has 1 aromatic rings.